The molecule has 2 atom stereocenters. The van der Waals surface area contributed by atoms with E-state index in [1.54, 1.807) is 0 Å². The van der Waals surface area contributed by atoms with Crippen LogP contribution in [-0.2, 0) is 14.3 Å². The number of likely N-dealkylation sites (tertiary alicyclic amines) is 1. The first-order valence-corrected chi connectivity index (χ1v) is 8.65. The molecule has 0 aliphatic carbocycles. The lowest BCUT2D eigenvalue weighted by Crippen LogP contribution is -2.53. The Morgan fingerprint density at radius 3 is 2.50 bits per heavy atom. The molecule has 0 radical (unpaired) electrons. The van der Waals surface area contributed by atoms with E-state index < -0.39 is 6.04 Å². The Morgan fingerprint density at radius 1 is 1.27 bits per heavy atom. The summed E-state index contributed by atoms with van der Waals surface area (Å²) in [6, 6.07) is -0.430. The summed E-state index contributed by atoms with van der Waals surface area (Å²) in [4.78, 5) is 14.3. The van der Waals surface area contributed by atoms with Crippen molar-refractivity contribution >= 4 is 5.91 Å². The Balaban J connectivity index is 1.70. The van der Waals surface area contributed by atoms with Crippen molar-refractivity contribution in [2.75, 3.05) is 26.3 Å². The van der Waals surface area contributed by atoms with Crippen LogP contribution in [0.2, 0.25) is 0 Å². The molecule has 2 rings (SSSR count). The second kappa shape index (κ2) is 7.75. The van der Waals surface area contributed by atoms with Gasteiger partial charge in [0.25, 0.3) is 0 Å². The van der Waals surface area contributed by atoms with Gasteiger partial charge in [-0.1, -0.05) is 20.8 Å². The third kappa shape index (κ3) is 4.93. The molecule has 5 nitrogen and oxygen atoms in total. The molecule has 0 bridgehead atoms. The van der Waals surface area contributed by atoms with Crippen molar-refractivity contribution in [3.63, 3.8) is 0 Å². The molecule has 2 aliphatic heterocycles. The van der Waals surface area contributed by atoms with Crippen molar-refractivity contribution in [2.24, 2.45) is 11.1 Å². The molecule has 22 heavy (non-hydrogen) atoms. The minimum absolute atomic E-state index is 0.0709. The van der Waals surface area contributed by atoms with Crippen LogP contribution in [0, 0.1) is 5.41 Å². The predicted octanol–water partition coefficient (Wildman–Crippen LogP) is 1.94. The Kier molecular flexibility index (Phi) is 6.24. The van der Waals surface area contributed by atoms with Crippen LogP contribution >= 0.6 is 0 Å². The van der Waals surface area contributed by atoms with Gasteiger partial charge in [0.05, 0.1) is 24.9 Å². The van der Waals surface area contributed by atoms with Crippen LogP contribution in [0.5, 0.6) is 0 Å². The first-order valence-electron chi connectivity index (χ1n) is 8.65. The van der Waals surface area contributed by atoms with Crippen LogP contribution in [0.4, 0.5) is 0 Å². The Hall–Kier alpha value is -0.650. The molecule has 128 valence electrons. The minimum Gasteiger partial charge on any atom is -0.376 e. The van der Waals surface area contributed by atoms with Crippen molar-refractivity contribution in [3.05, 3.63) is 0 Å². The van der Waals surface area contributed by atoms with Gasteiger partial charge in [-0.25, -0.2) is 0 Å². The molecule has 0 spiro atoms. The Morgan fingerprint density at radius 2 is 1.95 bits per heavy atom. The number of nitrogens with two attached hydrogens (primary N) is 1. The van der Waals surface area contributed by atoms with E-state index in [9.17, 15) is 4.79 Å². The molecule has 0 aromatic heterocycles. The van der Waals surface area contributed by atoms with Crippen molar-refractivity contribution < 1.29 is 14.3 Å². The van der Waals surface area contributed by atoms with E-state index in [4.69, 9.17) is 15.2 Å². The van der Waals surface area contributed by atoms with Crippen LogP contribution in [0.15, 0.2) is 0 Å². The van der Waals surface area contributed by atoms with Gasteiger partial charge in [-0.05, 0) is 37.5 Å². The van der Waals surface area contributed by atoms with Gasteiger partial charge in [-0.15, -0.1) is 0 Å². The average molecular weight is 312 g/mol. The van der Waals surface area contributed by atoms with E-state index in [1.165, 1.54) is 12.8 Å². The van der Waals surface area contributed by atoms with Gasteiger partial charge >= 0.3 is 0 Å². The van der Waals surface area contributed by atoms with Gasteiger partial charge in [0, 0.05) is 19.7 Å². The molecule has 2 fully saturated rings. The molecule has 2 heterocycles. The molecular formula is C17H32N2O3. The molecule has 0 aromatic carbocycles. The van der Waals surface area contributed by atoms with E-state index in [0.717, 1.165) is 39.0 Å². The maximum atomic E-state index is 12.4. The second-order valence-corrected chi connectivity index (χ2v) is 7.69. The molecule has 2 saturated heterocycles. The van der Waals surface area contributed by atoms with Gasteiger partial charge in [-0.3, -0.25) is 4.79 Å². The minimum atomic E-state index is -0.430. The third-order valence-electron chi connectivity index (χ3n) is 4.74. The fourth-order valence-corrected chi connectivity index (χ4v) is 2.99. The number of carbonyl (C=O) groups is 1. The van der Waals surface area contributed by atoms with Crippen LogP contribution in [-0.4, -0.2) is 55.4 Å². The number of hydrogen-bond donors (Lipinski definition) is 1. The topological polar surface area (TPSA) is 64.8 Å². The molecule has 2 aliphatic rings. The smallest absolute Gasteiger partial charge is 0.240 e. The van der Waals surface area contributed by atoms with E-state index in [1.807, 2.05) is 25.7 Å². The van der Waals surface area contributed by atoms with Crippen molar-refractivity contribution in [1.29, 1.82) is 0 Å². The van der Waals surface area contributed by atoms with Crippen LogP contribution in [0.1, 0.15) is 52.9 Å². The summed E-state index contributed by atoms with van der Waals surface area (Å²) in [5.41, 5.74) is 5.89. The summed E-state index contributed by atoms with van der Waals surface area (Å²) in [6.45, 7) is 9.09. The number of carbonyl (C=O) groups excluding carboxylic acids is 1. The fourth-order valence-electron chi connectivity index (χ4n) is 2.99. The number of rotatable bonds is 4. The zero-order chi connectivity index (χ0) is 16.2. The average Bonchev–Trinajstić information content (AvgIpc) is 2.52. The largest absolute Gasteiger partial charge is 0.376 e. The van der Waals surface area contributed by atoms with Crippen LogP contribution < -0.4 is 5.73 Å². The molecule has 0 saturated carbocycles. The van der Waals surface area contributed by atoms with E-state index in [2.05, 4.69) is 0 Å². The summed E-state index contributed by atoms with van der Waals surface area (Å²) in [5.74, 6) is 0.0709. The highest BCUT2D eigenvalue weighted by atomic mass is 16.5. The number of nitrogens with zero attached hydrogens (tertiary/aromatic N) is 1. The molecule has 5 heteroatoms. The predicted molar refractivity (Wildman–Crippen MR) is 86.6 cm³/mol. The van der Waals surface area contributed by atoms with E-state index >= 15 is 0 Å². The standard InChI is InChI=1S/C17H32N2O3/c1-17(2,3)15(18)16(20)19-9-7-13(8-10-19)22-12-14-6-4-5-11-21-14/h13-15H,4-12,18H2,1-3H3/t14?,15-/m1/s1. The molecular weight excluding hydrogens is 280 g/mol. The summed E-state index contributed by atoms with van der Waals surface area (Å²) < 4.78 is 11.7. The van der Waals surface area contributed by atoms with Gasteiger partial charge in [0.2, 0.25) is 5.91 Å². The highest BCUT2D eigenvalue weighted by Gasteiger charge is 2.33. The summed E-state index contributed by atoms with van der Waals surface area (Å²) in [6.07, 6.45) is 5.84. The van der Waals surface area contributed by atoms with E-state index in [-0.39, 0.29) is 23.5 Å². The Labute approximate surface area is 134 Å². The zero-order valence-electron chi connectivity index (χ0n) is 14.3. The highest BCUT2D eigenvalue weighted by Crippen LogP contribution is 2.22. The van der Waals surface area contributed by atoms with Crippen molar-refractivity contribution in [2.45, 2.75) is 71.1 Å². The monoisotopic (exact) mass is 312 g/mol. The lowest BCUT2D eigenvalue weighted by atomic mass is 9.86. The maximum absolute atomic E-state index is 12.4. The van der Waals surface area contributed by atoms with Gasteiger partial charge in [-0.2, -0.15) is 0 Å². The number of ether oxygens (including phenoxy) is 2. The molecule has 1 unspecified atom stereocenters. The van der Waals surface area contributed by atoms with Crippen LogP contribution in [0.25, 0.3) is 0 Å². The molecule has 1 amide bonds. The lowest BCUT2D eigenvalue weighted by molar-refractivity contribution is -0.138. The number of piperidine rings is 1. The zero-order valence-corrected chi connectivity index (χ0v) is 14.3. The summed E-state index contributed by atoms with van der Waals surface area (Å²) in [5, 5.41) is 0. The van der Waals surface area contributed by atoms with E-state index in [0.29, 0.717) is 6.61 Å². The van der Waals surface area contributed by atoms with Gasteiger partial charge in [0.15, 0.2) is 0 Å². The fraction of sp³-hybridized carbons (Fsp3) is 0.941. The van der Waals surface area contributed by atoms with Crippen molar-refractivity contribution in [3.8, 4) is 0 Å². The lowest BCUT2D eigenvalue weighted by Gasteiger charge is -2.37. The number of hydrogen-bond acceptors (Lipinski definition) is 4. The van der Waals surface area contributed by atoms with Crippen LogP contribution in [0.3, 0.4) is 0 Å². The Bertz CT molecular complexity index is 353. The SMILES string of the molecule is CC(C)(C)[C@H](N)C(=O)N1CCC(OCC2CCCCO2)CC1. The third-order valence-corrected chi connectivity index (χ3v) is 4.74. The first-order chi connectivity index (χ1) is 10.4. The summed E-state index contributed by atoms with van der Waals surface area (Å²) in [7, 11) is 0. The second-order valence-electron chi connectivity index (χ2n) is 7.69. The van der Waals surface area contributed by atoms with Crippen molar-refractivity contribution in [1.82, 2.24) is 4.90 Å². The highest BCUT2D eigenvalue weighted by molar-refractivity contribution is 5.82. The number of amides is 1. The van der Waals surface area contributed by atoms with Gasteiger partial charge < -0.3 is 20.1 Å². The van der Waals surface area contributed by atoms with Gasteiger partial charge in [0.1, 0.15) is 0 Å². The molecule has 2 N–H and O–H groups in total. The maximum Gasteiger partial charge on any atom is 0.240 e. The molecule has 0 aromatic rings. The quantitative estimate of drug-likeness (QED) is 0.861. The normalized spacial score (nSPS) is 26.0. The first kappa shape index (κ1) is 17.7. The summed E-state index contributed by atoms with van der Waals surface area (Å²) >= 11 is 0.